The van der Waals surface area contributed by atoms with Gasteiger partial charge in [-0.25, -0.2) is 0 Å². The van der Waals surface area contributed by atoms with Gasteiger partial charge in [0.2, 0.25) is 11.7 Å². The fourth-order valence-corrected chi connectivity index (χ4v) is 4.89. The summed E-state index contributed by atoms with van der Waals surface area (Å²) >= 11 is 0. The Morgan fingerprint density at radius 3 is 2.06 bits per heavy atom. The molecular formula is C27H26NO3S+. The first-order chi connectivity index (χ1) is 15.3. The molecule has 1 heterocycles. The number of aryl methyl sites for hydroxylation is 1. The second-order valence-corrected chi connectivity index (χ2v) is 10.5. The summed E-state index contributed by atoms with van der Waals surface area (Å²) < 4.78 is 1.65. The van der Waals surface area contributed by atoms with E-state index in [-0.39, 0.29) is 28.4 Å². The van der Waals surface area contributed by atoms with Crippen molar-refractivity contribution >= 4 is 50.2 Å². The predicted octanol–water partition coefficient (Wildman–Crippen LogP) is 5.44. The maximum Gasteiger partial charge on any atom is 0.228 e. The average Bonchev–Trinajstić information content (AvgIpc) is 3.12. The van der Waals surface area contributed by atoms with Gasteiger partial charge in [0.1, 0.15) is 5.75 Å². The molecule has 0 spiro atoms. The standard InChI is InChI=1S/C27H26NO3S/c1-5-32(4)16-26(30)19-10-12-24-22(14-19)23-15-20(11-13-25(23)28(24)18(3)29)27(31)21-9-7-6-8-17(21)2/h6-15H,5,16H2,1-4H3/q+1. The van der Waals surface area contributed by atoms with Crippen molar-refractivity contribution in [3.8, 4) is 0 Å². The summed E-state index contributed by atoms with van der Waals surface area (Å²) in [4.78, 5) is 38.5. The number of benzene rings is 3. The molecule has 1 atom stereocenters. The van der Waals surface area contributed by atoms with Crippen LogP contribution in [0.25, 0.3) is 21.8 Å². The van der Waals surface area contributed by atoms with Crippen LogP contribution in [0.5, 0.6) is 0 Å². The lowest BCUT2D eigenvalue weighted by molar-refractivity contribution is 0.0945. The highest BCUT2D eigenvalue weighted by atomic mass is 32.2. The lowest BCUT2D eigenvalue weighted by Gasteiger charge is -2.06. The van der Waals surface area contributed by atoms with E-state index in [1.165, 1.54) is 6.92 Å². The van der Waals surface area contributed by atoms with Crippen molar-refractivity contribution in [1.29, 1.82) is 0 Å². The van der Waals surface area contributed by atoms with E-state index in [1.807, 2.05) is 55.5 Å². The molecule has 4 nitrogen and oxygen atoms in total. The number of ketones is 2. The van der Waals surface area contributed by atoms with Gasteiger partial charge in [-0.15, -0.1) is 0 Å². The quantitative estimate of drug-likeness (QED) is 0.294. The number of fused-ring (bicyclic) bond motifs is 3. The highest BCUT2D eigenvalue weighted by Gasteiger charge is 2.21. The molecule has 4 rings (SSSR count). The predicted molar refractivity (Wildman–Crippen MR) is 133 cm³/mol. The first-order valence-electron chi connectivity index (χ1n) is 10.6. The molecule has 3 aromatic carbocycles. The third-order valence-electron chi connectivity index (χ3n) is 5.92. The molecular weight excluding hydrogens is 418 g/mol. The van der Waals surface area contributed by atoms with E-state index in [0.29, 0.717) is 22.4 Å². The van der Waals surface area contributed by atoms with Crippen LogP contribution in [0.15, 0.2) is 60.7 Å². The molecule has 0 aliphatic rings. The number of aromatic nitrogens is 1. The molecule has 0 bridgehead atoms. The van der Waals surface area contributed by atoms with Gasteiger partial charge >= 0.3 is 0 Å². The van der Waals surface area contributed by atoms with Gasteiger partial charge in [0, 0.05) is 34.4 Å². The largest absolute Gasteiger partial charge is 0.289 e. The number of Topliss-reactive ketones (excluding diaryl/α,β-unsaturated/α-hetero) is 1. The minimum absolute atomic E-state index is 0.0426. The SMILES string of the molecule is CC[S+](C)CC(=O)c1ccc2c(c1)c1cc(C(=O)c3ccccc3C)ccc1n2C(C)=O. The van der Waals surface area contributed by atoms with E-state index in [1.54, 1.807) is 16.7 Å². The molecule has 32 heavy (non-hydrogen) atoms. The van der Waals surface area contributed by atoms with Crippen LogP contribution in [-0.2, 0) is 10.9 Å². The zero-order valence-electron chi connectivity index (χ0n) is 18.8. The average molecular weight is 445 g/mol. The fraction of sp³-hybridized carbons (Fsp3) is 0.222. The topological polar surface area (TPSA) is 56.1 Å². The second-order valence-electron chi connectivity index (χ2n) is 8.10. The maximum absolute atomic E-state index is 13.2. The lowest BCUT2D eigenvalue weighted by atomic mass is 9.97. The fourth-order valence-electron chi connectivity index (χ4n) is 4.07. The molecule has 162 valence electrons. The number of nitrogens with zero attached hydrogens (tertiary/aromatic N) is 1. The van der Waals surface area contributed by atoms with Gasteiger partial charge in [-0.2, -0.15) is 0 Å². The van der Waals surface area contributed by atoms with Crippen molar-refractivity contribution in [2.45, 2.75) is 20.8 Å². The Bertz CT molecular complexity index is 1380. The van der Waals surface area contributed by atoms with Crippen molar-refractivity contribution in [3.63, 3.8) is 0 Å². The number of hydrogen-bond acceptors (Lipinski definition) is 3. The Kier molecular flexibility index (Phi) is 6.02. The molecule has 0 saturated carbocycles. The molecule has 0 saturated heterocycles. The molecule has 0 radical (unpaired) electrons. The van der Waals surface area contributed by atoms with Crippen LogP contribution in [0, 0.1) is 6.92 Å². The van der Waals surface area contributed by atoms with Gasteiger partial charge in [-0.05, 0) is 66.7 Å². The molecule has 0 aliphatic heterocycles. The van der Waals surface area contributed by atoms with Gasteiger partial charge in [0.05, 0.1) is 17.3 Å². The van der Waals surface area contributed by atoms with E-state index >= 15 is 0 Å². The van der Waals surface area contributed by atoms with Crippen LogP contribution < -0.4 is 0 Å². The highest BCUT2D eigenvalue weighted by Crippen LogP contribution is 2.31. The number of carbonyl (C=O) groups excluding carboxylic acids is 3. The third-order valence-corrected chi connectivity index (χ3v) is 7.66. The van der Waals surface area contributed by atoms with Crippen LogP contribution in [0.4, 0.5) is 0 Å². The zero-order valence-corrected chi connectivity index (χ0v) is 19.6. The van der Waals surface area contributed by atoms with Gasteiger partial charge in [0.25, 0.3) is 0 Å². The van der Waals surface area contributed by atoms with Gasteiger partial charge in [-0.1, -0.05) is 24.3 Å². The number of hydrogen-bond donors (Lipinski definition) is 0. The van der Waals surface area contributed by atoms with E-state index in [4.69, 9.17) is 0 Å². The summed E-state index contributed by atoms with van der Waals surface area (Å²) in [6, 6.07) is 18.5. The van der Waals surface area contributed by atoms with E-state index in [9.17, 15) is 14.4 Å². The molecule has 0 aliphatic carbocycles. The lowest BCUT2D eigenvalue weighted by Crippen LogP contribution is -2.16. The Morgan fingerprint density at radius 1 is 0.875 bits per heavy atom. The van der Waals surface area contributed by atoms with E-state index in [2.05, 4.69) is 13.2 Å². The minimum atomic E-state index is -0.108. The third kappa shape index (κ3) is 3.89. The summed E-state index contributed by atoms with van der Waals surface area (Å²) in [6.45, 7) is 5.53. The van der Waals surface area contributed by atoms with E-state index < -0.39 is 0 Å². The highest BCUT2D eigenvalue weighted by molar-refractivity contribution is 7.96. The van der Waals surface area contributed by atoms with Crippen molar-refractivity contribution < 1.29 is 14.4 Å². The summed E-state index contributed by atoms with van der Waals surface area (Å²) in [5, 5.41) is 1.61. The Morgan fingerprint density at radius 2 is 1.47 bits per heavy atom. The van der Waals surface area contributed by atoms with E-state index in [0.717, 1.165) is 33.1 Å². The molecule has 1 unspecified atom stereocenters. The second kappa shape index (κ2) is 8.75. The maximum atomic E-state index is 13.2. The van der Waals surface area contributed by atoms with Crippen LogP contribution in [0.1, 0.15) is 50.5 Å². The van der Waals surface area contributed by atoms with Crippen LogP contribution >= 0.6 is 0 Å². The molecule has 5 heteroatoms. The first-order valence-corrected chi connectivity index (χ1v) is 12.6. The smallest absolute Gasteiger partial charge is 0.228 e. The molecule has 0 amide bonds. The van der Waals surface area contributed by atoms with Crippen LogP contribution in [0.2, 0.25) is 0 Å². The summed E-state index contributed by atoms with van der Waals surface area (Å²) in [5.41, 5.74) is 4.27. The van der Waals surface area contributed by atoms with Gasteiger partial charge in [0.15, 0.2) is 11.5 Å². The minimum Gasteiger partial charge on any atom is -0.289 e. The Labute approximate surface area is 190 Å². The van der Waals surface area contributed by atoms with Gasteiger partial charge < -0.3 is 0 Å². The monoisotopic (exact) mass is 444 g/mol. The molecule has 1 aromatic heterocycles. The van der Waals surface area contributed by atoms with Gasteiger partial charge in [-0.3, -0.25) is 19.0 Å². The molecule has 4 aromatic rings. The Hall–Kier alpha value is -3.18. The van der Waals surface area contributed by atoms with Crippen molar-refractivity contribution in [2.75, 3.05) is 17.8 Å². The van der Waals surface area contributed by atoms with Crippen LogP contribution in [0.3, 0.4) is 0 Å². The molecule has 0 fully saturated rings. The summed E-state index contributed by atoms with van der Waals surface area (Å²) in [6.07, 6.45) is 2.10. The van der Waals surface area contributed by atoms with Crippen molar-refractivity contribution in [2.24, 2.45) is 0 Å². The summed E-state index contributed by atoms with van der Waals surface area (Å²) in [5.74, 6) is 1.43. The zero-order chi connectivity index (χ0) is 23.0. The molecule has 0 N–H and O–H groups in total. The van der Waals surface area contributed by atoms with Crippen LogP contribution in [-0.4, -0.2) is 39.8 Å². The normalized spacial score (nSPS) is 12.2. The summed E-state index contributed by atoms with van der Waals surface area (Å²) in [7, 11) is 0.0426. The Balaban J connectivity index is 1.90. The number of rotatable bonds is 6. The first kappa shape index (κ1) is 22.0. The number of carbonyl (C=O) groups is 3. The van der Waals surface area contributed by atoms with Crippen molar-refractivity contribution in [1.82, 2.24) is 4.57 Å². The van der Waals surface area contributed by atoms with Crippen molar-refractivity contribution in [3.05, 3.63) is 82.9 Å².